The van der Waals surface area contributed by atoms with Gasteiger partial charge in [-0.05, 0) is 0 Å². The van der Waals surface area contributed by atoms with E-state index < -0.39 is 0 Å². The number of aryl methyl sites for hydroxylation is 2. The molecule has 133 valence electrons. The van der Waals surface area contributed by atoms with Crippen molar-refractivity contribution in [2.75, 3.05) is 11.9 Å². The molecule has 0 aliphatic heterocycles. The number of aromatic amines is 2. The van der Waals surface area contributed by atoms with Crippen LogP contribution in [0.5, 0.6) is 0 Å². The molecule has 4 aromatic rings. The van der Waals surface area contributed by atoms with Gasteiger partial charge in [0.15, 0.2) is 0 Å². The summed E-state index contributed by atoms with van der Waals surface area (Å²) in [5.41, 5.74) is 3.40. The molecule has 0 bridgehead atoms. The monoisotopic (exact) mass is 417 g/mol. The first-order chi connectivity index (χ1) is 12.6. The maximum absolute atomic E-state index is 12.6. The molecule has 0 spiro atoms. The van der Waals surface area contributed by atoms with Crippen molar-refractivity contribution in [2.45, 2.75) is 11.7 Å². The maximum atomic E-state index is 12.6. The molecule has 3 aromatic heterocycles. The van der Waals surface area contributed by atoms with E-state index in [1.165, 1.54) is 0 Å². The molecule has 0 atom stereocenters. The van der Waals surface area contributed by atoms with Crippen molar-refractivity contribution in [1.82, 2.24) is 14.5 Å². The van der Waals surface area contributed by atoms with Crippen LogP contribution in [-0.4, -0.2) is 37.1 Å². The Morgan fingerprint density at radius 2 is 2.04 bits per heavy atom. The van der Waals surface area contributed by atoms with Crippen LogP contribution in [0.25, 0.3) is 28.2 Å². The molecule has 0 aliphatic carbocycles. The van der Waals surface area contributed by atoms with Gasteiger partial charge >= 0.3 is 158 Å². The summed E-state index contributed by atoms with van der Waals surface area (Å²) < 4.78 is 5.89. The van der Waals surface area contributed by atoms with Gasteiger partial charge < -0.3 is 0 Å². The van der Waals surface area contributed by atoms with Crippen LogP contribution in [-0.2, 0) is 14.1 Å². The molecule has 1 radical (unpaired) electrons. The zero-order valence-corrected chi connectivity index (χ0v) is 16.5. The molecule has 0 saturated carbocycles. The SMILES string of the molecule is Cn1c(-c2ccccc2)c(NCCC[Se])[n+]2c3[nH]c[n+](C)c3c(=O)[nH]c12. The number of rotatable bonds is 5. The summed E-state index contributed by atoms with van der Waals surface area (Å²) in [6.45, 7) is 0.840. The van der Waals surface area contributed by atoms with Gasteiger partial charge in [-0.3, -0.25) is 0 Å². The summed E-state index contributed by atoms with van der Waals surface area (Å²) in [5, 5.41) is 4.56. The van der Waals surface area contributed by atoms with Gasteiger partial charge in [0.1, 0.15) is 0 Å². The number of nitrogens with one attached hydrogen (secondary N) is 3. The summed E-state index contributed by atoms with van der Waals surface area (Å²) in [6.07, 6.45) is 2.82. The first-order valence-electron chi connectivity index (χ1n) is 8.54. The number of imidazole rings is 2. The molecule has 7 nitrogen and oxygen atoms in total. The third-order valence-electron chi connectivity index (χ3n) is 4.61. The Hall–Kier alpha value is -2.57. The summed E-state index contributed by atoms with van der Waals surface area (Å²) >= 11 is 3.05. The summed E-state index contributed by atoms with van der Waals surface area (Å²) in [4.78, 5) is 18.9. The molecule has 0 amide bonds. The Morgan fingerprint density at radius 3 is 2.77 bits per heavy atom. The molecular weight excluding hydrogens is 395 g/mol. The predicted molar refractivity (Wildman–Crippen MR) is 101 cm³/mol. The standard InChI is InChI=1S/C18H19N6OSe/c1-22-11-20-16-14(22)17(25)21-18-23(2)13(12-7-4-3-5-8-12)15(24(16)18)19-9-6-10-26/h3-5,7-8,11,19H,6,9-10H2,1-2H3/p+2. The number of hydrogen-bond donors (Lipinski definition) is 3. The van der Waals surface area contributed by atoms with Gasteiger partial charge in [-0.1, -0.05) is 0 Å². The number of fused-ring (bicyclic) bond motifs is 3. The molecule has 0 aliphatic rings. The van der Waals surface area contributed by atoms with Crippen molar-refractivity contribution in [1.29, 1.82) is 0 Å². The topological polar surface area (TPSA) is 73.6 Å². The van der Waals surface area contributed by atoms with E-state index in [2.05, 4.69) is 47.8 Å². The molecular formula is C18H21N6OSe+2. The van der Waals surface area contributed by atoms with Gasteiger partial charge in [0.25, 0.3) is 0 Å². The average Bonchev–Trinajstić information content (AvgIpc) is 3.15. The fraction of sp³-hybridized carbons (Fsp3) is 0.278. The van der Waals surface area contributed by atoms with E-state index in [9.17, 15) is 4.79 Å². The molecule has 26 heavy (non-hydrogen) atoms. The fourth-order valence-corrected chi connectivity index (χ4v) is 3.71. The quantitative estimate of drug-likeness (QED) is 0.256. The van der Waals surface area contributed by atoms with Crippen LogP contribution in [0.15, 0.2) is 41.5 Å². The second-order valence-electron chi connectivity index (χ2n) is 6.30. The Balaban J connectivity index is 2.09. The van der Waals surface area contributed by atoms with Crippen LogP contribution in [0.1, 0.15) is 6.42 Å². The molecule has 0 fully saturated rings. The predicted octanol–water partition coefficient (Wildman–Crippen LogP) is 0.814. The number of hydrogen-bond acceptors (Lipinski definition) is 2. The molecule has 0 saturated heterocycles. The zero-order chi connectivity index (χ0) is 18.3. The third-order valence-corrected chi connectivity index (χ3v) is 5.22. The van der Waals surface area contributed by atoms with Crippen LogP contribution in [0.4, 0.5) is 5.82 Å². The average molecular weight is 416 g/mol. The van der Waals surface area contributed by atoms with Crippen molar-refractivity contribution >= 4 is 38.8 Å². The first-order valence-corrected chi connectivity index (χ1v) is 9.75. The second kappa shape index (κ2) is 6.63. The fourth-order valence-electron chi connectivity index (χ4n) is 3.41. The number of anilines is 1. The minimum atomic E-state index is -0.112. The Kier molecular flexibility index (Phi) is 4.30. The van der Waals surface area contributed by atoms with E-state index in [4.69, 9.17) is 0 Å². The van der Waals surface area contributed by atoms with E-state index >= 15 is 0 Å². The zero-order valence-electron chi connectivity index (χ0n) is 14.7. The number of aromatic nitrogens is 5. The van der Waals surface area contributed by atoms with Crippen LogP contribution in [0.3, 0.4) is 0 Å². The summed E-state index contributed by atoms with van der Waals surface area (Å²) in [6, 6.07) is 10.2. The molecule has 0 unspecified atom stereocenters. The van der Waals surface area contributed by atoms with Crippen molar-refractivity contribution in [3.8, 4) is 11.3 Å². The normalized spacial score (nSPS) is 11.5. The first kappa shape index (κ1) is 16.9. The van der Waals surface area contributed by atoms with Crippen molar-refractivity contribution < 1.29 is 8.97 Å². The van der Waals surface area contributed by atoms with Crippen molar-refractivity contribution in [2.24, 2.45) is 14.1 Å². The van der Waals surface area contributed by atoms with E-state index in [1.54, 1.807) is 10.9 Å². The van der Waals surface area contributed by atoms with Crippen molar-refractivity contribution in [3.05, 3.63) is 47.0 Å². The molecule has 8 heteroatoms. The van der Waals surface area contributed by atoms with Crippen LogP contribution >= 0.6 is 0 Å². The van der Waals surface area contributed by atoms with Crippen molar-refractivity contribution in [3.63, 3.8) is 0 Å². The van der Waals surface area contributed by atoms with E-state index in [1.807, 2.05) is 36.9 Å². The Bertz CT molecular complexity index is 1140. The molecule has 1 aromatic carbocycles. The van der Waals surface area contributed by atoms with Gasteiger partial charge in [-0.25, -0.2) is 0 Å². The van der Waals surface area contributed by atoms with Crippen LogP contribution in [0.2, 0.25) is 5.32 Å². The molecule has 3 N–H and O–H groups in total. The molecule has 4 rings (SSSR count). The van der Waals surface area contributed by atoms with Crippen LogP contribution < -0.4 is 19.8 Å². The Morgan fingerprint density at radius 1 is 1.27 bits per heavy atom. The summed E-state index contributed by atoms with van der Waals surface area (Å²) in [7, 11) is 3.84. The van der Waals surface area contributed by atoms with Gasteiger partial charge in [0.05, 0.1) is 0 Å². The van der Waals surface area contributed by atoms with Gasteiger partial charge in [-0.15, -0.1) is 0 Å². The van der Waals surface area contributed by atoms with Crippen LogP contribution in [0, 0.1) is 0 Å². The van der Waals surface area contributed by atoms with E-state index in [0.717, 1.165) is 46.8 Å². The van der Waals surface area contributed by atoms with Gasteiger partial charge in [0.2, 0.25) is 0 Å². The van der Waals surface area contributed by atoms with Gasteiger partial charge in [0, 0.05) is 0 Å². The van der Waals surface area contributed by atoms with E-state index in [0.29, 0.717) is 5.52 Å². The third kappa shape index (κ3) is 2.53. The number of benzene rings is 1. The minimum absolute atomic E-state index is 0.112. The number of H-pyrrole nitrogens is 2. The number of nitrogens with zero attached hydrogens (tertiary/aromatic N) is 3. The Labute approximate surface area is 158 Å². The van der Waals surface area contributed by atoms with E-state index in [-0.39, 0.29) is 5.56 Å². The summed E-state index contributed by atoms with van der Waals surface area (Å²) in [5.74, 6) is 1.69. The van der Waals surface area contributed by atoms with Gasteiger partial charge in [-0.2, -0.15) is 0 Å². The molecule has 3 heterocycles. The second-order valence-corrected chi connectivity index (χ2v) is 7.16.